The highest BCUT2D eigenvalue weighted by Gasteiger charge is 2.17. The van der Waals surface area contributed by atoms with Gasteiger partial charge in [0.25, 0.3) is 5.91 Å². The van der Waals surface area contributed by atoms with E-state index in [1.54, 1.807) is 26.0 Å². The number of piperidine rings is 1. The summed E-state index contributed by atoms with van der Waals surface area (Å²) in [4.78, 5) is 20.1. The van der Waals surface area contributed by atoms with Crippen LogP contribution in [0, 0.1) is 12.7 Å². The van der Waals surface area contributed by atoms with Crippen LogP contribution in [-0.4, -0.2) is 35.8 Å². The topological polar surface area (TPSA) is 79.9 Å². The minimum atomic E-state index is -0.887. The van der Waals surface area contributed by atoms with Gasteiger partial charge in [0.05, 0.1) is 0 Å². The van der Waals surface area contributed by atoms with Crippen molar-refractivity contribution in [2.45, 2.75) is 45.8 Å². The van der Waals surface area contributed by atoms with Gasteiger partial charge in [-0.3, -0.25) is 9.69 Å². The Labute approximate surface area is 176 Å². The van der Waals surface area contributed by atoms with Crippen LogP contribution in [0.1, 0.15) is 42.9 Å². The molecule has 0 aromatic heterocycles. The van der Waals surface area contributed by atoms with E-state index in [-0.39, 0.29) is 11.7 Å². The number of carbonyl (C=O) groups excluding carboxylic acids is 1. The minimum Gasteiger partial charge on any atom is -0.381 e. The molecule has 0 bridgehead atoms. The first-order valence-electron chi connectivity index (χ1n) is 10.3. The van der Waals surface area contributed by atoms with Crippen LogP contribution >= 0.6 is 0 Å². The van der Waals surface area contributed by atoms with Crippen molar-refractivity contribution in [3.05, 3.63) is 65.0 Å². The van der Waals surface area contributed by atoms with E-state index in [0.29, 0.717) is 11.3 Å². The number of nitrogens with one attached hydrogen (secondary N) is 1. The summed E-state index contributed by atoms with van der Waals surface area (Å²) in [5.74, 6) is -0.589. The summed E-state index contributed by atoms with van der Waals surface area (Å²) >= 11 is 0. The number of anilines is 1. The summed E-state index contributed by atoms with van der Waals surface area (Å²) < 4.78 is 13.7. The second kappa shape index (κ2) is 10.2. The predicted molar refractivity (Wildman–Crippen MR) is 117 cm³/mol. The maximum Gasteiger partial charge on any atom is 0.267 e. The highest BCUT2D eigenvalue weighted by Crippen LogP contribution is 2.17. The zero-order valence-corrected chi connectivity index (χ0v) is 17.5. The molecule has 1 atom stereocenters. The van der Waals surface area contributed by atoms with E-state index in [1.807, 2.05) is 24.3 Å². The third-order valence-corrected chi connectivity index (χ3v) is 5.25. The first kappa shape index (κ1) is 21.8. The van der Waals surface area contributed by atoms with Crippen LogP contribution in [0.3, 0.4) is 0 Å². The maximum atomic E-state index is 13.7. The Kier molecular flexibility index (Phi) is 7.41. The minimum absolute atomic E-state index is 0.226. The first-order valence-corrected chi connectivity index (χ1v) is 10.3. The second-order valence-electron chi connectivity index (χ2n) is 7.67. The molecule has 0 radical (unpaired) electrons. The number of amidine groups is 1. The second-order valence-corrected chi connectivity index (χ2v) is 7.67. The number of likely N-dealkylation sites (tertiary alicyclic amines) is 1. The molecule has 7 heteroatoms. The van der Waals surface area contributed by atoms with Crippen molar-refractivity contribution in [1.29, 1.82) is 0 Å². The summed E-state index contributed by atoms with van der Waals surface area (Å²) in [6, 6.07) is 12.3. The van der Waals surface area contributed by atoms with Gasteiger partial charge in [-0.05, 0) is 63.0 Å². The van der Waals surface area contributed by atoms with Gasteiger partial charge in [0, 0.05) is 17.8 Å². The number of nitrogens with two attached hydrogens (primary N) is 1. The summed E-state index contributed by atoms with van der Waals surface area (Å²) in [7, 11) is 0. The molecule has 0 aliphatic carbocycles. The van der Waals surface area contributed by atoms with Gasteiger partial charge in [-0.1, -0.05) is 41.9 Å². The molecule has 2 aromatic carbocycles. The number of amides is 1. The zero-order chi connectivity index (χ0) is 21.5. The molecule has 1 unspecified atom stereocenters. The van der Waals surface area contributed by atoms with E-state index < -0.39 is 12.0 Å². The summed E-state index contributed by atoms with van der Waals surface area (Å²) in [5, 5.41) is 6.60. The molecular formula is C23H29FN4O2. The fourth-order valence-electron chi connectivity index (χ4n) is 3.41. The van der Waals surface area contributed by atoms with Crippen molar-refractivity contribution in [2.75, 3.05) is 18.4 Å². The van der Waals surface area contributed by atoms with Gasteiger partial charge in [-0.2, -0.15) is 0 Å². The Bertz CT molecular complexity index is 910. The predicted octanol–water partition coefficient (Wildman–Crippen LogP) is 3.78. The number of halogens is 1. The van der Waals surface area contributed by atoms with Gasteiger partial charge in [0.2, 0.25) is 6.10 Å². The smallest absolute Gasteiger partial charge is 0.267 e. The number of benzene rings is 2. The quantitative estimate of drug-likeness (QED) is 0.412. The van der Waals surface area contributed by atoms with E-state index in [0.717, 1.165) is 30.8 Å². The molecule has 3 N–H and O–H groups in total. The van der Waals surface area contributed by atoms with Crippen LogP contribution in [0.5, 0.6) is 0 Å². The van der Waals surface area contributed by atoms with E-state index in [9.17, 15) is 9.18 Å². The lowest BCUT2D eigenvalue weighted by molar-refractivity contribution is -0.126. The summed E-state index contributed by atoms with van der Waals surface area (Å²) in [6.45, 7) is 6.20. The Morgan fingerprint density at radius 3 is 2.70 bits per heavy atom. The molecule has 1 fully saturated rings. The van der Waals surface area contributed by atoms with Gasteiger partial charge in [-0.15, -0.1) is 0 Å². The third-order valence-electron chi connectivity index (χ3n) is 5.25. The Hall–Kier alpha value is -2.93. The Morgan fingerprint density at radius 1 is 1.23 bits per heavy atom. The number of aryl methyl sites for hydroxylation is 1. The molecule has 1 amide bonds. The van der Waals surface area contributed by atoms with Crippen LogP contribution in [0.4, 0.5) is 10.1 Å². The highest BCUT2D eigenvalue weighted by molar-refractivity contribution is 5.98. The summed E-state index contributed by atoms with van der Waals surface area (Å²) in [6.07, 6.45) is 2.82. The number of hydrogen-bond donors (Lipinski definition) is 2. The number of hydrogen-bond acceptors (Lipinski definition) is 4. The van der Waals surface area contributed by atoms with E-state index >= 15 is 0 Å². The van der Waals surface area contributed by atoms with Crippen molar-refractivity contribution in [3.8, 4) is 0 Å². The average Bonchev–Trinajstić information content (AvgIpc) is 2.75. The van der Waals surface area contributed by atoms with Crippen LogP contribution in [-0.2, 0) is 16.2 Å². The van der Waals surface area contributed by atoms with Crippen molar-refractivity contribution in [3.63, 3.8) is 0 Å². The van der Waals surface area contributed by atoms with Crippen molar-refractivity contribution in [1.82, 2.24) is 4.90 Å². The van der Waals surface area contributed by atoms with Crippen LogP contribution in [0.15, 0.2) is 47.6 Å². The zero-order valence-electron chi connectivity index (χ0n) is 17.5. The number of nitrogens with zero attached hydrogens (tertiary/aromatic N) is 2. The molecule has 2 aromatic rings. The highest BCUT2D eigenvalue weighted by atomic mass is 19.1. The molecule has 6 nitrogen and oxygen atoms in total. The summed E-state index contributed by atoms with van der Waals surface area (Å²) in [5.41, 5.74) is 8.92. The SMILES string of the molecule is Cc1ccc(NC(=O)C(C)ON=C(N)c2ccccc2CN2CCCCC2)cc1F. The van der Waals surface area contributed by atoms with E-state index in [2.05, 4.69) is 15.4 Å². The lowest BCUT2D eigenvalue weighted by Gasteiger charge is -2.27. The first-order chi connectivity index (χ1) is 14.4. The monoisotopic (exact) mass is 412 g/mol. The average molecular weight is 413 g/mol. The van der Waals surface area contributed by atoms with Gasteiger partial charge in [0.15, 0.2) is 5.84 Å². The van der Waals surface area contributed by atoms with Gasteiger partial charge in [0.1, 0.15) is 5.82 Å². The Balaban J connectivity index is 1.62. The molecule has 0 spiro atoms. The maximum absolute atomic E-state index is 13.7. The van der Waals surface area contributed by atoms with Crippen molar-refractivity contribution < 1.29 is 14.0 Å². The molecule has 0 saturated carbocycles. The molecule has 160 valence electrons. The molecular weight excluding hydrogens is 383 g/mol. The standard InChI is InChI=1S/C23H29FN4O2/c1-16-10-11-19(14-21(16)24)26-23(29)17(2)30-27-22(25)20-9-5-4-8-18(20)15-28-12-6-3-7-13-28/h4-5,8-11,14,17H,3,6-7,12-13,15H2,1-2H3,(H2,25,27)(H,26,29). The fraction of sp³-hybridized carbons (Fsp3) is 0.391. The van der Waals surface area contributed by atoms with E-state index in [4.69, 9.17) is 10.6 Å². The van der Waals surface area contributed by atoms with Gasteiger partial charge in [-0.25, -0.2) is 4.39 Å². The largest absolute Gasteiger partial charge is 0.381 e. The van der Waals surface area contributed by atoms with Crippen molar-refractivity contribution in [2.24, 2.45) is 10.9 Å². The molecule has 1 aliphatic rings. The van der Waals surface area contributed by atoms with Crippen molar-refractivity contribution >= 4 is 17.4 Å². The molecule has 1 heterocycles. The third kappa shape index (κ3) is 5.79. The lowest BCUT2D eigenvalue weighted by Crippen LogP contribution is -2.30. The Morgan fingerprint density at radius 2 is 1.97 bits per heavy atom. The molecule has 3 rings (SSSR count). The molecule has 1 aliphatic heterocycles. The van der Waals surface area contributed by atoms with E-state index in [1.165, 1.54) is 25.3 Å². The van der Waals surface area contributed by atoms with Crippen LogP contribution < -0.4 is 11.1 Å². The normalized spacial score (nSPS) is 16.2. The number of carbonyl (C=O) groups is 1. The molecule has 1 saturated heterocycles. The van der Waals surface area contributed by atoms with Crippen LogP contribution in [0.2, 0.25) is 0 Å². The molecule has 30 heavy (non-hydrogen) atoms. The van der Waals surface area contributed by atoms with Gasteiger partial charge < -0.3 is 15.9 Å². The lowest BCUT2D eigenvalue weighted by atomic mass is 10.0. The van der Waals surface area contributed by atoms with Gasteiger partial charge >= 0.3 is 0 Å². The fourth-order valence-corrected chi connectivity index (χ4v) is 3.41. The number of rotatable bonds is 7. The van der Waals surface area contributed by atoms with Crippen LogP contribution in [0.25, 0.3) is 0 Å². The number of oxime groups is 1.